The Balaban J connectivity index is 2.04. The van der Waals surface area contributed by atoms with E-state index < -0.39 is 6.10 Å². The zero-order valence-corrected chi connectivity index (χ0v) is 8.82. The molecule has 4 nitrogen and oxygen atoms in total. The molecule has 0 aromatic carbocycles. The van der Waals surface area contributed by atoms with E-state index in [9.17, 15) is 0 Å². The van der Waals surface area contributed by atoms with Crippen molar-refractivity contribution in [3.8, 4) is 0 Å². The van der Waals surface area contributed by atoms with Crippen molar-refractivity contribution in [2.24, 2.45) is 5.41 Å². The highest BCUT2D eigenvalue weighted by molar-refractivity contribution is 5.14. The van der Waals surface area contributed by atoms with Crippen molar-refractivity contribution in [3.63, 3.8) is 0 Å². The minimum absolute atomic E-state index is 0.325. The molecule has 1 aromatic rings. The predicted octanol–water partition coefficient (Wildman–Crippen LogP) is 1.51. The Labute approximate surface area is 83.3 Å². The fraction of sp³-hybridized carbons (Fsp3) is 0.800. The molecule has 2 atom stereocenters. The fourth-order valence-corrected chi connectivity index (χ4v) is 1.65. The van der Waals surface area contributed by atoms with Gasteiger partial charge in [-0.2, -0.15) is 4.98 Å². The number of hydrogen-bond acceptors (Lipinski definition) is 4. The van der Waals surface area contributed by atoms with Gasteiger partial charge in [0.2, 0.25) is 5.89 Å². The van der Waals surface area contributed by atoms with Gasteiger partial charge in [0.15, 0.2) is 5.82 Å². The summed E-state index contributed by atoms with van der Waals surface area (Å²) in [5, 5.41) is 13.1. The van der Waals surface area contributed by atoms with Gasteiger partial charge >= 0.3 is 0 Å². The molecule has 1 aromatic heterocycles. The average Bonchev–Trinajstić information content (AvgIpc) is 2.52. The third-order valence-electron chi connectivity index (χ3n) is 2.78. The van der Waals surface area contributed by atoms with E-state index in [-0.39, 0.29) is 0 Å². The van der Waals surface area contributed by atoms with Crippen LogP contribution in [0.5, 0.6) is 0 Å². The molecule has 0 aliphatic heterocycles. The monoisotopic (exact) mass is 196 g/mol. The first kappa shape index (κ1) is 9.65. The lowest BCUT2D eigenvalue weighted by atomic mass is 10.1. The Kier molecular flexibility index (Phi) is 2.10. The topological polar surface area (TPSA) is 59.2 Å². The third-order valence-corrected chi connectivity index (χ3v) is 2.78. The number of aliphatic hydroxyl groups is 1. The maximum atomic E-state index is 9.14. The van der Waals surface area contributed by atoms with Crippen molar-refractivity contribution in [2.45, 2.75) is 45.6 Å². The van der Waals surface area contributed by atoms with Crippen LogP contribution in [0.3, 0.4) is 0 Å². The Morgan fingerprint density at radius 1 is 1.64 bits per heavy atom. The van der Waals surface area contributed by atoms with Gasteiger partial charge in [-0.05, 0) is 18.8 Å². The molecule has 0 amide bonds. The Morgan fingerprint density at radius 3 is 2.79 bits per heavy atom. The molecule has 0 bridgehead atoms. The molecule has 2 unspecified atom stereocenters. The first-order valence-corrected chi connectivity index (χ1v) is 4.99. The second-order valence-electron chi connectivity index (χ2n) is 4.84. The van der Waals surface area contributed by atoms with E-state index in [1.54, 1.807) is 6.92 Å². The number of rotatable bonds is 3. The summed E-state index contributed by atoms with van der Waals surface area (Å²) in [6.07, 6.45) is 1.15. The SMILES string of the molecule is CC(O)Cc1nc(C2CC2(C)C)no1. The minimum Gasteiger partial charge on any atom is -0.393 e. The summed E-state index contributed by atoms with van der Waals surface area (Å²) < 4.78 is 5.05. The van der Waals surface area contributed by atoms with Crippen molar-refractivity contribution < 1.29 is 9.63 Å². The van der Waals surface area contributed by atoms with Gasteiger partial charge in [0.25, 0.3) is 0 Å². The Hall–Kier alpha value is -0.900. The number of nitrogens with zero attached hydrogens (tertiary/aromatic N) is 2. The molecule has 1 heterocycles. The van der Waals surface area contributed by atoms with Crippen LogP contribution in [-0.2, 0) is 6.42 Å². The van der Waals surface area contributed by atoms with Crippen molar-refractivity contribution in [2.75, 3.05) is 0 Å². The van der Waals surface area contributed by atoms with Gasteiger partial charge in [0.1, 0.15) is 0 Å². The van der Waals surface area contributed by atoms with Crippen LogP contribution in [0.15, 0.2) is 4.52 Å². The van der Waals surface area contributed by atoms with Crippen molar-refractivity contribution in [1.29, 1.82) is 0 Å². The molecule has 1 N–H and O–H groups in total. The van der Waals surface area contributed by atoms with Crippen LogP contribution in [-0.4, -0.2) is 21.4 Å². The second-order valence-corrected chi connectivity index (χ2v) is 4.84. The lowest BCUT2D eigenvalue weighted by molar-refractivity contribution is 0.181. The van der Waals surface area contributed by atoms with Gasteiger partial charge in [-0.15, -0.1) is 0 Å². The molecule has 78 valence electrons. The van der Waals surface area contributed by atoms with Crippen LogP contribution in [0, 0.1) is 5.41 Å². The largest absolute Gasteiger partial charge is 0.393 e. The maximum Gasteiger partial charge on any atom is 0.229 e. The van der Waals surface area contributed by atoms with Crippen LogP contribution in [0.2, 0.25) is 0 Å². The van der Waals surface area contributed by atoms with Crippen LogP contribution >= 0.6 is 0 Å². The summed E-state index contributed by atoms with van der Waals surface area (Å²) in [6.45, 7) is 6.11. The van der Waals surface area contributed by atoms with E-state index in [0.29, 0.717) is 23.6 Å². The molecule has 14 heavy (non-hydrogen) atoms. The fourth-order valence-electron chi connectivity index (χ4n) is 1.65. The third kappa shape index (κ3) is 1.80. The zero-order chi connectivity index (χ0) is 10.3. The molecular weight excluding hydrogens is 180 g/mol. The zero-order valence-electron chi connectivity index (χ0n) is 8.82. The van der Waals surface area contributed by atoms with Gasteiger partial charge in [0.05, 0.1) is 12.5 Å². The highest BCUT2D eigenvalue weighted by atomic mass is 16.5. The highest BCUT2D eigenvalue weighted by Gasteiger charge is 2.49. The normalized spacial score (nSPS) is 26.1. The molecule has 4 heteroatoms. The molecule has 0 spiro atoms. The van der Waals surface area contributed by atoms with E-state index in [1.165, 1.54) is 0 Å². The highest BCUT2D eigenvalue weighted by Crippen LogP contribution is 2.57. The molecule has 1 saturated carbocycles. The summed E-state index contributed by atoms with van der Waals surface area (Å²) in [4.78, 5) is 4.27. The number of aromatic nitrogens is 2. The van der Waals surface area contributed by atoms with Crippen LogP contribution < -0.4 is 0 Å². The van der Waals surface area contributed by atoms with Gasteiger partial charge in [0, 0.05) is 5.92 Å². The standard InChI is InChI=1S/C10H16N2O2/c1-6(13)4-8-11-9(12-14-8)7-5-10(7,2)3/h6-7,13H,4-5H2,1-3H3. The van der Waals surface area contributed by atoms with Gasteiger partial charge in [-0.3, -0.25) is 0 Å². The van der Waals surface area contributed by atoms with E-state index >= 15 is 0 Å². The molecular formula is C10H16N2O2. The molecule has 0 radical (unpaired) electrons. The van der Waals surface area contributed by atoms with Gasteiger partial charge in [-0.25, -0.2) is 0 Å². The van der Waals surface area contributed by atoms with E-state index in [2.05, 4.69) is 24.0 Å². The van der Waals surface area contributed by atoms with Crippen LogP contribution in [0.25, 0.3) is 0 Å². The van der Waals surface area contributed by atoms with Crippen LogP contribution in [0.1, 0.15) is 44.8 Å². The minimum atomic E-state index is -0.421. The summed E-state index contributed by atoms with van der Waals surface area (Å²) in [5.74, 6) is 1.78. The quantitative estimate of drug-likeness (QED) is 0.796. The molecule has 1 fully saturated rings. The first-order chi connectivity index (χ1) is 6.49. The molecule has 2 rings (SSSR count). The number of hydrogen-bond donors (Lipinski definition) is 1. The van der Waals surface area contributed by atoms with E-state index in [1.807, 2.05) is 0 Å². The average molecular weight is 196 g/mol. The summed E-state index contributed by atoms with van der Waals surface area (Å²) >= 11 is 0. The summed E-state index contributed by atoms with van der Waals surface area (Å²) in [5.41, 5.74) is 0.325. The van der Waals surface area contributed by atoms with Crippen LogP contribution in [0.4, 0.5) is 0 Å². The molecule has 1 aliphatic carbocycles. The molecule has 1 aliphatic rings. The molecule has 0 saturated heterocycles. The van der Waals surface area contributed by atoms with E-state index in [4.69, 9.17) is 9.63 Å². The van der Waals surface area contributed by atoms with E-state index in [0.717, 1.165) is 12.2 Å². The Morgan fingerprint density at radius 2 is 2.29 bits per heavy atom. The maximum absolute atomic E-state index is 9.14. The van der Waals surface area contributed by atoms with Gasteiger partial charge in [-0.1, -0.05) is 19.0 Å². The van der Waals surface area contributed by atoms with Gasteiger partial charge < -0.3 is 9.63 Å². The first-order valence-electron chi connectivity index (χ1n) is 4.99. The van der Waals surface area contributed by atoms with Crippen molar-refractivity contribution >= 4 is 0 Å². The number of aliphatic hydroxyl groups excluding tert-OH is 1. The van der Waals surface area contributed by atoms with Crippen molar-refractivity contribution in [3.05, 3.63) is 11.7 Å². The second kappa shape index (κ2) is 3.05. The lowest BCUT2D eigenvalue weighted by Crippen LogP contribution is -2.04. The Bertz CT molecular complexity index is 331. The smallest absolute Gasteiger partial charge is 0.229 e. The van der Waals surface area contributed by atoms with Crippen molar-refractivity contribution in [1.82, 2.24) is 10.1 Å². The lowest BCUT2D eigenvalue weighted by Gasteiger charge is -1.97. The summed E-state index contributed by atoms with van der Waals surface area (Å²) in [7, 11) is 0. The summed E-state index contributed by atoms with van der Waals surface area (Å²) in [6, 6.07) is 0. The predicted molar refractivity (Wildman–Crippen MR) is 50.8 cm³/mol.